The highest BCUT2D eigenvalue weighted by molar-refractivity contribution is 5.94. The number of hydrogen-bond acceptors (Lipinski definition) is 2. The smallest absolute Gasteiger partial charge is 0.103 e. The standard InChI is InChI=1S/C18H18N2/c1-2-7-14(8-3-1)18-16-10-5-4-9-15(16)13-19-17-11-6-12-20(17)18/h1-5,7-10,15H,6,11-13H2. The highest BCUT2D eigenvalue weighted by Gasteiger charge is 2.30. The van der Waals surface area contributed by atoms with Crippen LogP contribution in [-0.4, -0.2) is 23.8 Å². The van der Waals surface area contributed by atoms with Gasteiger partial charge in [0.15, 0.2) is 0 Å². The average Bonchev–Trinajstić information content (AvgIpc) is 2.90. The summed E-state index contributed by atoms with van der Waals surface area (Å²) < 4.78 is 0. The molecule has 1 aromatic rings. The van der Waals surface area contributed by atoms with E-state index in [4.69, 9.17) is 4.99 Å². The van der Waals surface area contributed by atoms with Crippen molar-refractivity contribution in [3.8, 4) is 0 Å². The molecule has 1 fully saturated rings. The molecule has 0 spiro atoms. The predicted octanol–water partition coefficient (Wildman–Crippen LogP) is 3.65. The van der Waals surface area contributed by atoms with Gasteiger partial charge in [0.05, 0.1) is 12.2 Å². The molecule has 100 valence electrons. The van der Waals surface area contributed by atoms with Crippen LogP contribution in [0.15, 0.2) is 65.2 Å². The van der Waals surface area contributed by atoms with Crippen molar-refractivity contribution in [1.82, 2.24) is 4.90 Å². The van der Waals surface area contributed by atoms with Crippen LogP contribution in [0.2, 0.25) is 0 Å². The van der Waals surface area contributed by atoms with E-state index in [-0.39, 0.29) is 0 Å². The molecule has 2 aliphatic heterocycles. The van der Waals surface area contributed by atoms with Crippen LogP contribution in [0, 0.1) is 5.92 Å². The zero-order chi connectivity index (χ0) is 13.4. The third-order valence-corrected chi connectivity index (χ3v) is 4.28. The van der Waals surface area contributed by atoms with Crippen LogP contribution in [0.5, 0.6) is 0 Å². The molecule has 1 saturated heterocycles. The van der Waals surface area contributed by atoms with Crippen LogP contribution in [0.4, 0.5) is 0 Å². The lowest BCUT2D eigenvalue weighted by molar-refractivity contribution is 0.625. The lowest BCUT2D eigenvalue weighted by Gasteiger charge is -2.25. The Hall–Kier alpha value is -2.09. The quantitative estimate of drug-likeness (QED) is 0.754. The molecule has 4 rings (SSSR count). The SMILES string of the molecule is C1=CC2=C(c3ccccc3)N3CCCC3=NCC2C=C1. The number of aliphatic imine (C=N–C) groups is 1. The van der Waals surface area contributed by atoms with Crippen LogP contribution in [0.25, 0.3) is 5.70 Å². The minimum atomic E-state index is 0.424. The summed E-state index contributed by atoms with van der Waals surface area (Å²) >= 11 is 0. The number of amidine groups is 1. The number of benzene rings is 1. The molecule has 1 unspecified atom stereocenters. The monoisotopic (exact) mass is 262 g/mol. The minimum Gasteiger partial charge on any atom is -0.329 e. The van der Waals surface area contributed by atoms with Crippen LogP contribution < -0.4 is 0 Å². The summed E-state index contributed by atoms with van der Waals surface area (Å²) in [4.78, 5) is 7.30. The highest BCUT2D eigenvalue weighted by Crippen LogP contribution is 2.36. The molecular formula is C18H18N2. The molecule has 20 heavy (non-hydrogen) atoms. The summed E-state index contributed by atoms with van der Waals surface area (Å²) in [5, 5.41) is 0. The van der Waals surface area contributed by atoms with Gasteiger partial charge in [-0.15, -0.1) is 0 Å². The van der Waals surface area contributed by atoms with Gasteiger partial charge in [0.2, 0.25) is 0 Å². The van der Waals surface area contributed by atoms with E-state index in [1.54, 1.807) is 0 Å². The van der Waals surface area contributed by atoms with Crippen molar-refractivity contribution in [2.24, 2.45) is 10.9 Å². The lowest BCUT2D eigenvalue weighted by Crippen LogP contribution is -2.23. The molecule has 1 aliphatic carbocycles. The largest absolute Gasteiger partial charge is 0.329 e. The van der Waals surface area contributed by atoms with Gasteiger partial charge < -0.3 is 4.90 Å². The van der Waals surface area contributed by atoms with Crippen molar-refractivity contribution in [1.29, 1.82) is 0 Å². The van der Waals surface area contributed by atoms with Crippen molar-refractivity contribution < 1.29 is 0 Å². The average molecular weight is 262 g/mol. The Balaban J connectivity index is 1.92. The van der Waals surface area contributed by atoms with Crippen molar-refractivity contribution in [2.75, 3.05) is 13.1 Å². The van der Waals surface area contributed by atoms with Crippen LogP contribution >= 0.6 is 0 Å². The van der Waals surface area contributed by atoms with Gasteiger partial charge in [0, 0.05) is 18.9 Å². The Morgan fingerprint density at radius 3 is 2.90 bits per heavy atom. The Morgan fingerprint density at radius 1 is 1.10 bits per heavy atom. The number of hydrogen-bond donors (Lipinski definition) is 0. The van der Waals surface area contributed by atoms with Gasteiger partial charge in [-0.3, -0.25) is 4.99 Å². The molecule has 0 radical (unpaired) electrons. The number of allylic oxidation sites excluding steroid dienone is 3. The zero-order valence-electron chi connectivity index (χ0n) is 11.5. The Bertz CT molecular complexity index is 635. The second-order valence-electron chi connectivity index (χ2n) is 5.53. The van der Waals surface area contributed by atoms with E-state index in [1.807, 2.05) is 0 Å². The van der Waals surface area contributed by atoms with E-state index in [0.717, 1.165) is 19.5 Å². The fourth-order valence-electron chi connectivity index (χ4n) is 3.34. The van der Waals surface area contributed by atoms with E-state index in [1.165, 1.54) is 29.1 Å². The number of nitrogens with zero attached hydrogens (tertiary/aromatic N) is 2. The molecule has 0 bridgehead atoms. The summed E-state index contributed by atoms with van der Waals surface area (Å²) in [6.07, 6.45) is 11.2. The number of fused-ring (bicyclic) bond motifs is 2. The molecule has 2 heterocycles. The van der Waals surface area contributed by atoms with Gasteiger partial charge in [0.25, 0.3) is 0 Å². The molecule has 3 aliphatic rings. The summed E-state index contributed by atoms with van der Waals surface area (Å²) in [6.45, 7) is 1.98. The Labute approximate surface area is 119 Å². The molecular weight excluding hydrogens is 244 g/mol. The summed E-state index contributed by atoms with van der Waals surface area (Å²) in [5.41, 5.74) is 4.09. The van der Waals surface area contributed by atoms with E-state index in [9.17, 15) is 0 Å². The summed E-state index contributed by atoms with van der Waals surface area (Å²) in [6, 6.07) is 10.8. The van der Waals surface area contributed by atoms with E-state index in [2.05, 4.69) is 59.5 Å². The maximum Gasteiger partial charge on any atom is 0.103 e. The Kier molecular flexibility index (Phi) is 2.80. The second-order valence-corrected chi connectivity index (χ2v) is 5.53. The first-order valence-corrected chi connectivity index (χ1v) is 7.39. The van der Waals surface area contributed by atoms with Crippen molar-refractivity contribution in [3.05, 3.63) is 65.8 Å². The maximum atomic E-state index is 4.86. The van der Waals surface area contributed by atoms with E-state index < -0.39 is 0 Å². The molecule has 2 heteroatoms. The van der Waals surface area contributed by atoms with Crippen molar-refractivity contribution in [2.45, 2.75) is 12.8 Å². The normalized spacial score (nSPS) is 24.3. The first-order chi connectivity index (χ1) is 9.93. The maximum absolute atomic E-state index is 4.86. The highest BCUT2D eigenvalue weighted by atomic mass is 15.2. The number of rotatable bonds is 1. The molecule has 1 atom stereocenters. The molecule has 0 amide bonds. The molecule has 1 aromatic carbocycles. The molecule has 0 aromatic heterocycles. The molecule has 2 nitrogen and oxygen atoms in total. The van der Waals surface area contributed by atoms with Gasteiger partial charge in [-0.25, -0.2) is 0 Å². The first-order valence-electron chi connectivity index (χ1n) is 7.39. The zero-order valence-corrected chi connectivity index (χ0v) is 11.5. The topological polar surface area (TPSA) is 15.6 Å². The van der Waals surface area contributed by atoms with Crippen LogP contribution in [0.1, 0.15) is 18.4 Å². The van der Waals surface area contributed by atoms with Gasteiger partial charge in [-0.05, 0) is 17.6 Å². The van der Waals surface area contributed by atoms with Gasteiger partial charge in [-0.1, -0.05) is 54.6 Å². The van der Waals surface area contributed by atoms with Gasteiger partial charge >= 0.3 is 0 Å². The Morgan fingerprint density at radius 2 is 2.00 bits per heavy atom. The third kappa shape index (κ3) is 1.83. The fraction of sp³-hybridized carbons (Fsp3) is 0.278. The first kappa shape index (κ1) is 11.7. The fourth-order valence-corrected chi connectivity index (χ4v) is 3.34. The van der Waals surface area contributed by atoms with Crippen LogP contribution in [-0.2, 0) is 0 Å². The predicted molar refractivity (Wildman–Crippen MR) is 83.4 cm³/mol. The molecule has 0 saturated carbocycles. The van der Waals surface area contributed by atoms with Gasteiger partial charge in [0.1, 0.15) is 5.84 Å². The summed E-state index contributed by atoms with van der Waals surface area (Å²) in [7, 11) is 0. The van der Waals surface area contributed by atoms with Crippen molar-refractivity contribution in [3.63, 3.8) is 0 Å². The minimum absolute atomic E-state index is 0.424. The van der Waals surface area contributed by atoms with Crippen LogP contribution in [0.3, 0.4) is 0 Å². The van der Waals surface area contributed by atoms with E-state index >= 15 is 0 Å². The molecule has 0 N–H and O–H groups in total. The summed E-state index contributed by atoms with van der Waals surface area (Å²) in [5.74, 6) is 1.70. The second kappa shape index (κ2) is 4.78. The van der Waals surface area contributed by atoms with E-state index in [0.29, 0.717) is 5.92 Å². The van der Waals surface area contributed by atoms with Crippen molar-refractivity contribution >= 4 is 11.5 Å². The third-order valence-electron chi connectivity index (χ3n) is 4.28. The van der Waals surface area contributed by atoms with Gasteiger partial charge in [-0.2, -0.15) is 0 Å². The lowest BCUT2D eigenvalue weighted by atomic mass is 9.90.